The van der Waals surface area contributed by atoms with Gasteiger partial charge in [-0.05, 0) is 15.9 Å². The molecule has 2 rings (SSSR count). The van der Waals surface area contributed by atoms with Crippen LogP contribution in [0.4, 0.5) is 0 Å². The highest BCUT2D eigenvalue weighted by Gasteiger charge is 2.41. The first kappa shape index (κ1) is 5.80. The minimum Gasteiger partial charge on any atom is -0.292 e. The van der Waals surface area contributed by atoms with E-state index in [1.807, 2.05) is 5.41 Å². The van der Waals surface area contributed by atoms with E-state index >= 15 is 0 Å². The van der Waals surface area contributed by atoms with Gasteiger partial charge in [0, 0.05) is 5.41 Å². The van der Waals surface area contributed by atoms with E-state index in [1.54, 1.807) is 16.7 Å². The quantitative estimate of drug-likeness (QED) is 0.442. The highest BCUT2D eigenvalue weighted by Crippen LogP contribution is 2.42. The maximum atomic E-state index is 10.8. The molecule has 2 aliphatic rings. The zero-order chi connectivity index (χ0) is 6.43. The molecular weight excluding hydrogens is 202 g/mol. The fourth-order valence-electron chi connectivity index (χ4n) is 0.944. The molecule has 9 heavy (non-hydrogen) atoms. The number of carbonyl (C=O) groups excluding carboxylic acids is 1. The average Bonchev–Trinajstić information content (AvgIpc) is 2.04. The summed E-state index contributed by atoms with van der Waals surface area (Å²) >= 11 is 4.98. The van der Waals surface area contributed by atoms with Crippen LogP contribution in [0.1, 0.15) is 6.42 Å². The van der Waals surface area contributed by atoms with Crippen molar-refractivity contribution in [1.82, 2.24) is 4.90 Å². The van der Waals surface area contributed by atoms with Crippen LogP contribution in [-0.4, -0.2) is 16.2 Å². The van der Waals surface area contributed by atoms with Crippen molar-refractivity contribution in [2.75, 3.05) is 0 Å². The number of amides is 1. The van der Waals surface area contributed by atoms with Gasteiger partial charge >= 0.3 is 0 Å². The molecule has 0 saturated carbocycles. The van der Waals surface area contributed by atoms with E-state index in [1.165, 1.54) is 0 Å². The first-order valence-corrected chi connectivity index (χ1v) is 4.36. The number of fused-ring (bicyclic) bond motifs is 1. The molecule has 0 N–H and O–H groups in total. The van der Waals surface area contributed by atoms with Crippen LogP contribution >= 0.6 is 27.7 Å². The lowest BCUT2D eigenvalue weighted by molar-refractivity contribution is -0.137. The van der Waals surface area contributed by atoms with E-state index < -0.39 is 0 Å². The summed E-state index contributed by atoms with van der Waals surface area (Å²) in [6.45, 7) is 0. The third-order valence-corrected chi connectivity index (χ3v) is 3.42. The number of β-lactam (4-membered cyclic amide) rings is 1. The fraction of sp³-hybridized carbons (Fsp3) is 0.400. The van der Waals surface area contributed by atoms with Gasteiger partial charge in [-0.25, -0.2) is 0 Å². The number of carbonyl (C=O) groups is 1. The monoisotopic (exact) mass is 205 g/mol. The number of thioether (sulfide) groups is 1. The van der Waals surface area contributed by atoms with E-state index in [4.69, 9.17) is 0 Å². The van der Waals surface area contributed by atoms with Gasteiger partial charge in [-0.15, -0.1) is 11.8 Å². The van der Waals surface area contributed by atoms with Gasteiger partial charge in [0.15, 0.2) is 0 Å². The normalized spacial score (nSPS) is 31.7. The topological polar surface area (TPSA) is 20.3 Å². The molecule has 0 radical (unpaired) electrons. The van der Waals surface area contributed by atoms with E-state index in [9.17, 15) is 4.79 Å². The van der Waals surface area contributed by atoms with Crippen molar-refractivity contribution >= 4 is 33.6 Å². The zero-order valence-electron chi connectivity index (χ0n) is 4.50. The number of hydrogen-bond acceptors (Lipinski definition) is 2. The number of nitrogens with zero attached hydrogens (tertiary/aromatic N) is 1. The number of halogens is 1. The summed E-state index contributed by atoms with van der Waals surface area (Å²) in [7, 11) is 0. The Morgan fingerprint density at radius 2 is 2.67 bits per heavy atom. The molecule has 0 aromatic heterocycles. The van der Waals surface area contributed by atoms with Gasteiger partial charge in [0.2, 0.25) is 5.91 Å². The molecule has 4 heteroatoms. The molecule has 1 saturated heterocycles. The number of rotatable bonds is 0. The summed E-state index contributed by atoms with van der Waals surface area (Å²) in [5.74, 6) is 0.230. The summed E-state index contributed by atoms with van der Waals surface area (Å²) in [6.07, 6.45) is 0.705. The summed E-state index contributed by atoms with van der Waals surface area (Å²) in [5.41, 5.74) is 0. The van der Waals surface area contributed by atoms with Gasteiger partial charge in [0.25, 0.3) is 0 Å². The maximum Gasteiger partial charge on any atom is 0.231 e. The molecule has 1 atom stereocenters. The smallest absolute Gasteiger partial charge is 0.231 e. The molecule has 0 bridgehead atoms. The Kier molecular flexibility index (Phi) is 1.13. The lowest BCUT2D eigenvalue weighted by atomic mass is 10.2. The fourth-order valence-corrected chi connectivity index (χ4v) is 2.82. The minimum atomic E-state index is 0.230. The Labute approximate surface area is 65.4 Å². The van der Waals surface area contributed by atoms with Gasteiger partial charge in [-0.3, -0.25) is 9.69 Å². The largest absolute Gasteiger partial charge is 0.292 e. The molecule has 48 valence electrons. The Morgan fingerprint density at radius 3 is 3.11 bits per heavy atom. The molecule has 1 amide bonds. The van der Waals surface area contributed by atoms with E-state index in [0.717, 1.165) is 4.61 Å². The van der Waals surface area contributed by atoms with Gasteiger partial charge in [-0.2, -0.15) is 0 Å². The molecule has 0 aromatic carbocycles. The van der Waals surface area contributed by atoms with Crippen LogP contribution in [0.5, 0.6) is 0 Å². The van der Waals surface area contributed by atoms with Gasteiger partial charge < -0.3 is 0 Å². The predicted octanol–water partition coefficient (Wildman–Crippen LogP) is 1.49. The Hall–Kier alpha value is 0.0400. The van der Waals surface area contributed by atoms with E-state index in [0.29, 0.717) is 11.8 Å². The Bertz CT molecular complexity index is 203. The maximum absolute atomic E-state index is 10.8. The standard InChI is InChI=1S/C5H4BrNOS/c6-3-2-9-5-1-4(8)7(3)5/h2,5H,1H2. The van der Waals surface area contributed by atoms with Crippen LogP contribution in [0, 0.1) is 0 Å². The second kappa shape index (κ2) is 1.76. The molecule has 0 aromatic rings. The van der Waals surface area contributed by atoms with Crippen molar-refractivity contribution in [3.05, 3.63) is 10.0 Å². The highest BCUT2D eigenvalue weighted by atomic mass is 79.9. The molecule has 2 aliphatic heterocycles. The first-order chi connectivity index (χ1) is 4.29. The zero-order valence-corrected chi connectivity index (χ0v) is 6.91. The molecule has 2 nitrogen and oxygen atoms in total. The predicted molar refractivity (Wildman–Crippen MR) is 39.9 cm³/mol. The van der Waals surface area contributed by atoms with Crippen LogP contribution in [-0.2, 0) is 4.79 Å². The summed E-state index contributed by atoms with van der Waals surface area (Å²) in [5, 5.41) is 2.38. The first-order valence-electron chi connectivity index (χ1n) is 2.62. The molecule has 1 unspecified atom stereocenters. The molecule has 2 heterocycles. The van der Waals surface area contributed by atoms with Gasteiger partial charge in [0.05, 0.1) is 16.4 Å². The van der Waals surface area contributed by atoms with E-state index in [2.05, 4.69) is 15.9 Å². The van der Waals surface area contributed by atoms with Crippen LogP contribution in [0.25, 0.3) is 0 Å². The van der Waals surface area contributed by atoms with Gasteiger partial charge in [-0.1, -0.05) is 0 Å². The molecule has 0 spiro atoms. The van der Waals surface area contributed by atoms with Crippen LogP contribution < -0.4 is 0 Å². The highest BCUT2D eigenvalue weighted by molar-refractivity contribution is 9.11. The summed E-state index contributed by atoms with van der Waals surface area (Å²) < 4.78 is 0.925. The van der Waals surface area contributed by atoms with E-state index in [-0.39, 0.29) is 5.91 Å². The Balaban J connectivity index is 2.24. The summed E-state index contributed by atoms with van der Waals surface area (Å²) in [4.78, 5) is 12.5. The SMILES string of the molecule is O=C1CC2SC=C(Br)N12. The van der Waals surface area contributed by atoms with Crippen LogP contribution in [0.2, 0.25) is 0 Å². The average molecular weight is 206 g/mol. The lowest BCUT2D eigenvalue weighted by Crippen LogP contribution is -2.45. The molecule has 0 aliphatic carbocycles. The lowest BCUT2D eigenvalue weighted by Gasteiger charge is -2.33. The summed E-state index contributed by atoms with van der Waals surface area (Å²) in [6, 6.07) is 0. The minimum absolute atomic E-state index is 0.230. The van der Waals surface area contributed by atoms with Crippen LogP contribution in [0.15, 0.2) is 10.0 Å². The third kappa shape index (κ3) is 0.663. The van der Waals surface area contributed by atoms with Crippen LogP contribution in [0.3, 0.4) is 0 Å². The number of hydrogen-bond donors (Lipinski definition) is 0. The van der Waals surface area contributed by atoms with Crippen molar-refractivity contribution in [2.24, 2.45) is 0 Å². The van der Waals surface area contributed by atoms with Crippen molar-refractivity contribution in [3.8, 4) is 0 Å². The molecule has 1 fully saturated rings. The second-order valence-corrected chi connectivity index (χ2v) is 3.86. The van der Waals surface area contributed by atoms with Gasteiger partial charge in [0.1, 0.15) is 0 Å². The van der Waals surface area contributed by atoms with Crippen molar-refractivity contribution in [1.29, 1.82) is 0 Å². The third-order valence-electron chi connectivity index (χ3n) is 1.46. The van der Waals surface area contributed by atoms with Crippen molar-refractivity contribution in [2.45, 2.75) is 11.8 Å². The van der Waals surface area contributed by atoms with Crippen molar-refractivity contribution in [3.63, 3.8) is 0 Å². The van der Waals surface area contributed by atoms with Crippen molar-refractivity contribution < 1.29 is 4.79 Å². The second-order valence-electron chi connectivity index (χ2n) is 2.00. The Morgan fingerprint density at radius 1 is 1.89 bits per heavy atom. The molecular formula is C5H4BrNOS.